The molecule has 0 fully saturated rings. The van der Waals surface area contributed by atoms with E-state index in [-0.39, 0.29) is 16.9 Å². The number of benzene rings is 2. The molecule has 0 saturated heterocycles. The van der Waals surface area contributed by atoms with Crippen molar-refractivity contribution in [3.05, 3.63) is 47.5 Å². The summed E-state index contributed by atoms with van der Waals surface area (Å²) in [4.78, 5) is 0. The van der Waals surface area contributed by atoms with Crippen LogP contribution < -0.4 is 10.5 Å². The van der Waals surface area contributed by atoms with Gasteiger partial charge in [0.2, 0.25) is 0 Å². The number of halogens is 2. The summed E-state index contributed by atoms with van der Waals surface area (Å²) >= 11 is 0. The van der Waals surface area contributed by atoms with Crippen LogP contribution >= 0.6 is 0 Å². The minimum atomic E-state index is -0.613. The van der Waals surface area contributed by atoms with Crippen molar-refractivity contribution in [1.29, 1.82) is 0 Å². The van der Waals surface area contributed by atoms with Gasteiger partial charge in [-0.05, 0) is 43.2 Å². The zero-order chi connectivity index (χ0) is 14.5. The van der Waals surface area contributed by atoms with Crippen molar-refractivity contribution in [1.82, 2.24) is 0 Å². The van der Waals surface area contributed by atoms with Crippen LogP contribution in [0.3, 0.4) is 0 Å². The van der Waals surface area contributed by atoms with Gasteiger partial charge in [0.15, 0.2) is 0 Å². The summed E-state index contributed by atoms with van der Waals surface area (Å²) in [5.74, 6) is -0.337. The van der Waals surface area contributed by atoms with Gasteiger partial charge in [-0.1, -0.05) is 6.07 Å². The Balaban J connectivity index is 2.08. The topological polar surface area (TPSA) is 35.2 Å². The Hall–Kier alpha value is -2.10. The van der Waals surface area contributed by atoms with E-state index in [1.54, 1.807) is 12.1 Å². The Bertz CT molecular complexity index is 695. The number of rotatable bonds is 1. The van der Waals surface area contributed by atoms with Gasteiger partial charge in [0, 0.05) is 18.1 Å². The first-order valence-corrected chi connectivity index (χ1v) is 6.42. The molecule has 0 amide bonds. The molecule has 4 heteroatoms. The van der Waals surface area contributed by atoms with E-state index >= 15 is 0 Å². The molecule has 1 aliphatic rings. The highest BCUT2D eigenvalue weighted by Gasteiger charge is 2.30. The molecule has 0 spiro atoms. The molecule has 3 rings (SSSR count). The number of nitrogen functional groups attached to an aromatic ring is 1. The van der Waals surface area contributed by atoms with Crippen molar-refractivity contribution >= 4 is 5.69 Å². The normalized spacial score (nSPS) is 15.8. The van der Waals surface area contributed by atoms with Crippen LogP contribution in [0.15, 0.2) is 30.3 Å². The van der Waals surface area contributed by atoms with Gasteiger partial charge in [-0.2, -0.15) is 0 Å². The predicted molar refractivity (Wildman–Crippen MR) is 74.6 cm³/mol. The van der Waals surface area contributed by atoms with Crippen molar-refractivity contribution in [2.45, 2.75) is 25.9 Å². The van der Waals surface area contributed by atoms with E-state index in [9.17, 15) is 8.78 Å². The Morgan fingerprint density at radius 1 is 1.10 bits per heavy atom. The van der Waals surface area contributed by atoms with Crippen molar-refractivity contribution in [2.24, 2.45) is 0 Å². The number of hydrogen-bond donors (Lipinski definition) is 1. The molecule has 0 radical (unpaired) electrons. The molecule has 2 aromatic rings. The van der Waals surface area contributed by atoms with Gasteiger partial charge in [-0.25, -0.2) is 8.78 Å². The van der Waals surface area contributed by atoms with Crippen molar-refractivity contribution in [3.8, 4) is 16.9 Å². The molecule has 20 heavy (non-hydrogen) atoms. The number of hydrogen-bond acceptors (Lipinski definition) is 2. The fraction of sp³-hybridized carbons (Fsp3) is 0.250. The number of nitrogens with two attached hydrogens (primary N) is 1. The maximum absolute atomic E-state index is 13.9. The molecule has 1 heterocycles. The molecule has 2 N–H and O–H groups in total. The fourth-order valence-corrected chi connectivity index (χ4v) is 2.56. The summed E-state index contributed by atoms with van der Waals surface area (Å²) in [6.07, 6.45) is 0.745. The summed E-state index contributed by atoms with van der Waals surface area (Å²) < 4.78 is 33.2. The van der Waals surface area contributed by atoms with E-state index < -0.39 is 11.6 Å². The lowest BCUT2D eigenvalue weighted by Gasteiger charge is -2.16. The van der Waals surface area contributed by atoms with Crippen LogP contribution in [0.2, 0.25) is 0 Å². The predicted octanol–water partition coefficient (Wildman–Crippen LogP) is 3.93. The number of ether oxygens (including phenoxy) is 1. The van der Waals surface area contributed by atoms with E-state index in [0.717, 1.165) is 29.9 Å². The Kier molecular flexibility index (Phi) is 2.71. The fourth-order valence-electron chi connectivity index (χ4n) is 2.56. The lowest BCUT2D eigenvalue weighted by Crippen LogP contribution is -2.24. The van der Waals surface area contributed by atoms with Crippen molar-refractivity contribution in [2.75, 3.05) is 5.73 Å². The summed E-state index contributed by atoms with van der Waals surface area (Å²) in [5, 5.41) is 0. The van der Waals surface area contributed by atoms with Crippen molar-refractivity contribution in [3.63, 3.8) is 0 Å². The SMILES string of the molecule is CC1(C)Cc2cc(-c3cc(F)c(N)cc3F)ccc2O1. The van der Waals surface area contributed by atoms with E-state index in [4.69, 9.17) is 10.5 Å². The van der Waals surface area contributed by atoms with Gasteiger partial charge in [-0.15, -0.1) is 0 Å². The van der Waals surface area contributed by atoms with Crippen LogP contribution in [-0.2, 0) is 6.42 Å². The molecule has 2 aromatic carbocycles. The molecule has 2 nitrogen and oxygen atoms in total. The number of fused-ring (bicyclic) bond motifs is 1. The highest BCUT2D eigenvalue weighted by Crippen LogP contribution is 2.38. The maximum atomic E-state index is 13.9. The molecule has 0 unspecified atom stereocenters. The van der Waals surface area contributed by atoms with E-state index in [0.29, 0.717) is 5.56 Å². The lowest BCUT2D eigenvalue weighted by atomic mass is 9.97. The smallest absolute Gasteiger partial charge is 0.146 e. The minimum absolute atomic E-state index is 0.183. The summed E-state index contributed by atoms with van der Waals surface area (Å²) in [6.45, 7) is 3.99. The molecule has 0 aliphatic carbocycles. The quantitative estimate of drug-likeness (QED) is 0.800. The van der Waals surface area contributed by atoms with E-state index in [2.05, 4.69) is 0 Å². The van der Waals surface area contributed by atoms with Crippen molar-refractivity contribution < 1.29 is 13.5 Å². The summed E-state index contributed by atoms with van der Waals surface area (Å²) in [5.41, 5.74) is 6.76. The van der Waals surface area contributed by atoms with Gasteiger partial charge in [0.25, 0.3) is 0 Å². The molecule has 0 bridgehead atoms. The second-order valence-electron chi connectivity index (χ2n) is 5.71. The van der Waals surface area contributed by atoms with Crippen LogP contribution in [-0.4, -0.2) is 5.60 Å². The summed E-state index contributed by atoms with van der Waals surface area (Å²) in [7, 11) is 0. The molecule has 0 saturated carbocycles. The second-order valence-corrected chi connectivity index (χ2v) is 5.71. The standard InChI is InChI=1S/C16H15F2NO/c1-16(2)8-10-5-9(3-4-15(10)20-16)11-6-13(18)14(19)7-12(11)17/h3-7H,8,19H2,1-2H3. The zero-order valence-electron chi connectivity index (χ0n) is 11.3. The molecule has 0 atom stereocenters. The van der Waals surface area contributed by atoms with Gasteiger partial charge in [-0.3, -0.25) is 0 Å². The first-order valence-electron chi connectivity index (χ1n) is 6.42. The Morgan fingerprint density at radius 2 is 1.85 bits per heavy atom. The molecule has 0 aromatic heterocycles. The minimum Gasteiger partial charge on any atom is -0.487 e. The van der Waals surface area contributed by atoms with Gasteiger partial charge in [0.05, 0.1) is 5.69 Å². The van der Waals surface area contributed by atoms with Gasteiger partial charge >= 0.3 is 0 Å². The Morgan fingerprint density at radius 3 is 2.60 bits per heavy atom. The highest BCUT2D eigenvalue weighted by molar-refractivity contribution is 5.69. The first kappa shape index (κ1) is 12.9. The second kappa shape index (κ2) is 4.20. The van der Waals surface area contributed by atoms with Gasteiger partial charge in [0.1, 0.15) is 23.0 Å². The average molecular weight is 275 g/mol. The monoisotopic (exact) mass is 275 g/mol. The van der Waals surface area contributed by atoms with E-state index in [1.165, 1.54) is 0 Å². The molecule has 1 aliphatic heterocycles. The highest BCUT2D eigenvalue weighted by atomic mass is 19.1. The first-order chi connectivity index (χ1) is 9.35. The largest absolute Gasteiger partial charge is 0.487 e. The lowest BCUT2D eigenvalue weighted by molar-refractivity contribution is 0.138. The number of anilines is 1. The zero-order valence-corrected chi connectivity index (χ0v) is 11.3. The third-order valence-electron chi connectivity index (χ3n) is 3.46. The van der Waals surface area contributed by atoms with Crippen LogP contribution in [0.4, 0.5) is 14.5 Å². The maximum Gasteiger partial charge on any atom is 0.146 e. The molecule has 104 valence electrons. The molecular formula is C16H15F2NO. The summed E-state index contributed by atoms with van der Waals surface area (Å²) in [6, 6.07) is 7.52. The Labute approximate surface area is 116 Å². The van der Waals surface area contributed by atoms with Gasteiger partial charge < -0.3 is 10.5 Å². The van der Waals surface area contributed by atoms with Crippen LogP contribution in [0.5, 0.6) is 5.75 Å². The van der Waals surface area contributed by atoms with Crippen LogP contribution in [0.25, 0.3) is 11.1 Å². The third-order valence-corrected chi connectivity index (χ3v) is 3.46. The third kappa shape index (κ3) is 2.11. The average Bonchev–Trinajstić information content (AvgIpc) is 2.66. The van der Waals surface area contributed by atoms with Crippen LogP contribution in [0.1, 0.15) is 19.4 Å². The molecular weight excluding hydrogens is 260 g/mol. The van der Waals surface area contributed by atoms with Crippen LogP contribution in [0, 0.1) is 11.6 Å². The van der Waals surface area contributed by atoms with E-state index in [1.807, 2.05) is 19.9 Å².